The van der Waals surface area contributed by atoms with Crippen molar-refractivity contribution < 1.29 is 34.3 Å². The van der Waals surface area contributed by atoms with Gasteiger partial charge in [-0.25, -0.2) is 4.79 Å². The number of aliphatic hydroxyl groups is 3. The highest BCUT2D eigenvalue weighted by Crippen LogP contribution is 2.19. The number of rotatable bonds is 3. The fourth-order valence-corrected chi connectivity index (χ4v) is 1.82. The number of carbonyl (C=O) groups is 1. The summed E-state index contributed by atoms with van der Waals surface area (Å²) in [7, 11) is 1.50. The molecule has 110 valence electrons. The lowest BCUT2D eigenvalue weighted by atomic mass is 10.1. The third kappa shape index (κ3) is 3.07. The lowest BCUT2D eigenvalue weighted by Crippen LogP contribution is -2.54. The van der Waals surface area contributed by atoms with Gasteiger partial charge in [-0.1, -0.05) is 0 Å². The first-order valence-corrected chi connectivity index (χ1v) is 6.03. The summed E-state index contributed by atoms with van der Waals surface area (Å²) in [5, 5.41) is 28.7. The lowest BCUT2D eigenvalue weighted by molar-refractivity contribution is -0.251. The molecule has 2 rings (SSSR count). The Labute approximate surface area is 115 Å². The molecule has 0 amide bonds. The standard InChI is InChI=1S/C13H16O7/c1-18-8-4-2-7(3-5-8)12(16)20-11-10(15)9(14)6-19-13(11)17/h2-5,9-11,13-15,17H,6H2,1H3/t9-,10-,11+,13-/m0/s1. The third-order valence-electron chi connectivity index (χ3n) is 3.02. The van der Waals surface area contributed by atoms with Gasteiger partial charge in [0.05, 0.1) is 19.3 Å². The molecule has 7 heteroatoms. The van der Waals surface area contributed by atoms with E-state index in [9.17, 15) is 20.1 Å². The molecule has 1 aromatic rings. The second-order valence-corrected chi connectivity index (χ2v) is 4.38. The van der Waals surface area contributed by atoms with Gasteiger partial charge in [0.15, 0.2) is 12.4 Å². The van der Waals surface area contributed by atoms with Gasteiger partial charge in [0, 0.05) is 0 Å². The summed E-state index contributed by atoms with van der Waals surface area (Å²) in [6.07, 6.45) is -5.43. The van der Waals surface area contributed by atoms with E-state index < -0.39 is 30.6 Å². The van der Waals surface area contributed by atoms with Crippen molar-refractivity contribution in [3.63, 3.8) is 0 Å². The summed E-state index contributed by atoms with van der Waals surface area (Å²) in [5.74, 6) is -0.161. The molecule has 0 saturated carbocycles. The number of hydrogen-bond acceptors (Lipinski definition) is 7. The van der Waals surface area contributed by atoms with Gasteiger partial charge in [-0.05, 0) is 24.3 Å². The molecule has 7 nitrogen and oxygen atoms in total. The van der Waals surface area contributed by atoms with Crippen LogP contribution < -0.4 is 4.74 Å². The Bertz CT molecular complexity index is 458. The van der Waals surface area contributed by atoms with Gasteiger partial charge >= 0.3 is 5.97 Å². The fraction of sp³-hybridized carbons (Fsp3) is 0.462. The highest BCUT2D eigenvalue weighted by Gasteiger charge is 2.40. The Morgan fingerprint density at radius 1 is 1.25 bits per heavy atom. The van der Waals surface area contributed by atoms with E-state index in [0.29, 0.717) is 5.75 Å². The normalized spacial score (nSPS) is 29.8. The second kappa shape index (κ2) is 6.19. The second-order valence-electron chi connectivity index (χ2n) is 4.38. The number of carbonyl (C=O) groups excluding carboxylic acids is 1. The van der Waals surface area contributed by atoms with E-state index in [0.717, 1.165) is 0 Å². The van der Waals surface area contributed by atoms with E-state index in [2.05, 4.69) is 0 Å². The van der Waals surface area contributed by atoms with Crippen molar-refractivity contribution in [3.8, 4) is 5.75 Å². The maximum Gasteiger partial charge on any atom is 0.338 e. The number of ether oxygens (including phenoxy) is 3. The monoisotopic (exact) mass is 284 g/mol. The maximum atomic E-state index is 11.9. The molecule has 20 heavy (non-hydrogen) atoms. The van der Waals surface area contributed by atoms with Crippen LogP contribution in [0.5, 0.6) is 5.75 Å². The Hall–Kier alpha value is -1.67. The Morgan fingerprint density at radius 3 is 2.50 bits per heavy atom. The van der Waals surface area contributed by atoms with Crippen LogP contribution in [0.1, 0.15) is 10.4 Å². The molecule has 4 atom stereocenters. The van der Waals surface area contributed by atoms with Gasteiger partial charge in [-0.3, -0.25) is 0 Å². The molecule has 1 saturated heterocycles. The number of esters is 1. The first kappa shape index (κ1) is 14.7. The largest absolute Gasteiger partial charge is 0.497 e. The quantitative estimate of drug-likeness (QED) is 0.630. The van der Waals surface area contributed by atoms with Crippen LogP contribution in [-0.4, -0.2) is 59.6 Å². The zero-order valence-corrected chi connectivity index (χ0v) is 10.8. The predicted octanol–water partition coefficient (Wildman–Crippen LogP) is -0.709. The van der Waals surface area contributed by atoms with E-state index in [1.165, 1.54) is 19.2 Å². The van der Waals surface area contributed by atoms with Crippen molar-refractivity contribution >= 4 is 5.97 Å². The van der Waals surface area contributed by atoms with Crippen molar-refractivity contribution in [3.05, 3.63) is 29.8 Å². The van der Waals surface area contributed by atoms with Crippen LogP contribution >= 0.6 is 0 Å². The van der Waals surface area contributed by atoms with Gasteiger partial charge in [-0.15, -0.1) is 0 Å². The zero-order chi connectivity index (χ0) is 14.7. The van der Waals surface area contributed by atoms with E-state index in [-0.39, 0.29) is 12.2 Å². The van der Waals surface area contributed by atoms with Crippen LogP contribution in [0, 0.1) is 0 Å². The molecule has 0 aromatic heterocycles. The van der Waals surface area contributed by atoms with Gasteiger partial charge in [0.2, 0.25) is 0 Å². The SMILES string of the molecule is COc1ccc(C(=O)O[C@@H]2[C@@H](O)[C@@H](O)CO[C@@H]2O)cc1. The molecule has 1 heterocycles. The summed E-state index contributed by atoms with van der Waals surface area (Å²) >= 11 is 0. The molecule has 0 radical (unpaired) electrons. The first-order chi connectivity index (χ1) is 9.52. The molecule has 1 aliphatic rings. The Balaban J connectivity index is 2.05. The summed E-state index contributed by atoms with van der Waals surface area (Å²) in [6.45, 7) is -0.223. The van der Waals surface area contributed by atoms with Gasteiger partial charge in [0.25, 0.3) is 0 Å². The molecular weight excluding hydrogens is 268 g/mol. The fourth-order valence-electron chi connectivity index (χ4n) is 1.82. The highest BCUT2D eigenvalue weighted by molar-refractivity contribution is 5.89. The zero-order valence-electron chi connectivity index (χ0n) is 10.8. The van der Waals surface area contributed by atoms with Crippen LogP contribution in [0.4, 0.5) is 0 Å². The molecule has 3 N–H and O–H groups in total. The van der Waals surface area contributed by atoms with Crippen molar-refractivity contribution in [1.82, 2.24) is 0 Å². The molecule has 1 aliphatic heterocycles. The van der Waals surface area contributed by atoms with Gasteiger partial charge in [-0.2, -0.15) is 0 Å². The number of methoxy groups -OCH3 is 1. The average molecular weight is 284 g/mol. The summed E-state index contributed by atoms with van der Waals surface area (Å²) in [6, 6.07) is 6.13. The van der Waals surface area contributed by atoms with Crippen LogP contribution in [0.25, 0.3) is 0 Å². The minimum absolute atomic E-state index is 0.223. The molecule has 0 aliphatic carbocycles. The van der Waals surface area contributed by atoms with Crippen LogP contribution in [0.3, 0.4) is 0 Å². The third-order valence-corrected chi connectivity index (χ3v) is 3.02. The van der Waals surface area contributed by atoms with Crippen molar-refractivity contribution in [2.24, 2.45) is 0 Å². The van der Waals surface area contributed by atoms with E-state index >= 15 is 0 Å². The highest BCUT2D eigenvalue weighted by atomic mass is 16.7. The first-order valence-electron chi connectivity index (χ1n) is 6.03. The molecule has 1 fully saturated rings. The lowest BCUT2D eigenvalue weighted by Gasteiger charge is -2.34. The van der Waals surface area contributed by atoms with Crippen LogP contribution in [0.2, 0.25) is 0 Å². The predicted molar refractivity (Wildman–Crippen MR) is 66.2 cm³/mol. The molecule has 0 spiro atoms. The summed E-state index contributed by atoms with van der Waals surface area (Å²) in [4.78, 5) is 11.9. The number of hydrogen-bond donors (Lipinski definition) is 3. The number of aliphatic hydroxyl groups excluding tert-OH is 3. The van der Waals surface area contributed by atoms with Crippen molar-refractivity contribution in [1.29, 1.82) is 0 Å². The molecule has 1 aromatic carbocycles. The van der Waals surface area contributed by atoms with E-state index in [1.807, 2.05) is 0 Å². The Kier molecular flexibility index (Phi) is 4.56. The molecule has 0 unspecified atom stereocenters. The summed E-state index contributed by atoms with van der Waals surface area (Å²) in [5.41, 5.74) is 0.227. The van der Waals surface area contributed by atoms with Crippen molar-refractivity contribution in [2.45, 2.75) is 24.6 Å². The van der Waals surface area contributed by atoms with Gasteiger partial charge in [0.1, 0.15) is 18.0 Å². The maximum absolute atomic E-state index is 11.9. The van der Waals surface area contributed by atoms with Crippen LogP contribution in [-0.2, 0) is 9.47 Å². The van der Waals surface area contributed by atoms with E-state index in [4.69, 9.17) is 14.2 Å². The minimum atomic E-state index is -1.48. The topological polar surface area (TPSA) is 105 Å². The average Bonchev–Trinajstić information content (AvgIpc) is 2.47. The van der Waals surface area contributed by atoms with Crippen molar-refractivity contribution in [2.75, 3.05) is 13.7 Å². The van der Waals surface area contributed by atoms with Gasteiger partial charge < -0.3 is 29.5 Å². The van der Waals surface area contributed by atoms with Crippen LogP contribution in [0.15, 0.2) is 24.3 Å². The molecule has 0 bridgehead atoms. The smallest absolute Gasteiger partial charge is 0.338 e. The molecular formula is C13H16O7. The van der Waals surface area contributed by atoms with E-state index in [1.54, 1.807) is 12.1 Å². The summed E-state index contributed by atoms with van der Waals surface area (Å²) < 4.78 is 14.7. The Morgan fingerprint density at radius 2 is 1.90 bits per heavy atom. The number of benzene rings is 1. The minimum Gasteiger partial charge on any atom is -0.497 e.